The number of carbonyl (C=O) groups is 3. The first-order chi connectivity index (χ1) is 33.0. The molecule has 0 N–H and O–H groups in total. The van der Waals surface area contributed by atoms with E-state index >= 15 is 0 Å². The highest BCUT2D eigenvalue weighted by Gasteiger charge is 2.19. The van der Waals surface area contributed by atoms with Crippen LogP contribution in [0, 0.1) is 0 Å². The van der Waals surface area contributed by atoms with E-state index in [1.54, 1.807) is 0 Å². The van der Waals surface area contributed by atoms with E-state index in [2.05, 4.69) is 45.1 Å². The zero-order chi connectivity index (χ0) is 48.6. The minimum Gasteiger partial charge on any atom is -0.462 e. The van der Waals surface area contributed by atoms with Crippen molar-refractivity contribution in [2.45, 2.75) is 335 Å². The monoisotopic (exact) mass is 943 g/mol. The van der Waals surface area contributed by atoms with Crippen LogP contribution in [0.15, 0.2) is 24.3 Å². The molecular weight excluding hydrogens is 829 g/mol. The van der Waals surface area contributed by atoms with Crippen LogP contribution in [0.5, 0.6) is 0 Å². The second kappa shape index (κ2) is 56.5. The molecule has 0 aromatic rings. The Balaban J connectivity index is 4.34. The zero-order valence-corrected chi connectivity index (χ0v) is 45.2. The Kier molecular flexibility index (Phi) is 54.7. The van der Waals surface area contributed by atoms with Crippen LogP contribution in [-0.2, 0) is 28.6 Å². The van der Waals surface area contributed by atoms with Crippen molar-refractivity contribution in [3.05, 3.63) is 24.3 Å². The largest absolute Gasteiger partial charge is 0.462 e. The van der Waals surface area contributed by atoms with Gasteiger partial charge in [-0.05, 0) is 70.6 Å². The van der Waals surface area contributed by atoms with Gasteiger partial charge in [0.15, 0.2) is 6.10 Å². The number of rotatable bonds is 55. The lowest BCUT2D eigenvalue weighted by Gasteiger charge is -2.18. The summed E-state index contributed by atoms with van der Waals surface area (Å²) in [7, 11) is 0. The molecule has 0 bridgehead atoms. The first-order valence-corrected chi connectivity index (χ1v) is 29.8. The average Bonchev–Trinajstić information content (AvgIpc) is 3.33. The van der Waals surface area contributed by atoms with Gasteiger partial charge in [0.25, 0.3) is 0 Å². The lowest BCUT2D eigenvalue weighted by Crippen LogP contribution is -2.30. The lowest BCUT2D eigenvalue weighted by molar-refractivity contribution is -0.167. The second-order valence-electron chi connectivity index (χ2n) is 20.3. The predicted octanol–water partition coefficient (Wildman–Crippen LogP) is 19.9. The van der Waals surface area contributed by atoms with Gasteiger partial charge in [-0.15, -0.1) is 0 Å². The zero-order valence-electron chi connectivity index (χ0n) is 45.2. The molecule has 67 heavy (non-hydrogen) atoms. The van der Waals surface area contributed by atoms with E-state index in [1.165, 1.54) is 231 Å². The van der Waals surface area contributed by atoms with Crippen molar-refractivity contribution >= 4 is 17.9 Å². The molecule has 0 unspecified atom stereocenters. The van der Waals surface area contributed by atoms with Crippen LogP contribution in [-0.4, -0.2) is 37.2 Å². The van der Waals surface area contributed by atoms with Crippen molar-refractivity contribution in [3.63, 3.8) is 0 Å². The molecular formula is C61H114O6. The number of allylic oxidation sites excluding steroid dienone is 4. The molecule has 0 heterocycles. The second-order valence-corrected chi connectivity index (χ2v) is 20.3. The Morgan fingerprint density at radius 2 is 0.493 bits per heavy atom. The maximum atomic E-state index is 12.9. The van der Waals surface area contributed by atoms with Crippen molar-refractivity contribution in [1.29, 1.82) is 0 Å². The highest BCUT2D eigenvalue weighted by molar-refractivity contribution is 5.71. The summed E-state index contributed by atoms with van der Waals surface area (Å²) in [5.74, 6) is -0.857. The summed E-state index contributed by atoms with van der Waals surface area (Å²) < 4.78 is 16.9. The van der Waals surface area contributed by atoms with E-state index in [-0.39, 0.29) is 31.1 Å². The predicted molar refractivity (Wildman–Crippen MR) is 289 cm³/mol. The first kappa shape index (κ1) is 64.9. The molecule has 0 spiro atoms. The molecule has 0 aliphatic heterocycles. The van der Waals surface area contributed by atoms with Gasteiger partial charge in [-0.3, -0.25) is 14.4 Å². The highest BCUT2D eigenvalue weighted by atomic mass is 16.6. The van der Waals surface area contributed by atoms with Gasteiger partial charge >= 0.3 is 17.9 Å². The third-order valence-electron chi connectivity index (χ3n) is 13.4. The van der Waals surface area contributed by atoms with E-state index in [0.29, 0.717) is 19.3 Å². The van der Waals surface area contributed by atoms with Gasteiger partial charge in [0.05, 0.1) is 0 Å². The van der Waals surface area contributed by atoms with Gasteiger partial charge in [-0.1, -0.05) is 263 Å². The third kappa shape index (κ3) is 54.7. The van der Waals surface area contributed by atoms with E-state index < -0.39 is 6.10 Å². The number of hydrogen-bond donors (Lipinski definition) is 0. The van der Waals surface area contributed by atoms with Crippen LogP contribution >= 0.6 is 0 Å². The Hall–Kier alpha value is -2.11. The fourth-order valence-electron chi connectivity index (χ4n) is 8.91. The van der Waals surface area contributed by atoms with Gasteiger partial charge in [-0.2, -0.15) is 0 Å². The topological polar surface area (TPSA) is 78.9 Å². The Morgan fingerprint density at radius 1 is 0.284 bits per heavy atom. The Morgan fingerprint density at radius 3 is 0.746 bits per heavy atom. The van der Waals surface area contributed by atoms with Crippen LogP contribution in [0.2, 0.25) is 0 Å². The molecule has 0 fully saturated rings. The summed E-state index contributed by atoms with van der Waals surface area (Å²) in [5.41, 5.74) is 0. The highest BCUT2D eigenvalue weighted by Crippen LogP contribution is 2.17. The summed E-state index contributed by atoms with van der Waals surface area (Å²) in [4.78, 5) is 38.2. The molecule has 1 atom stereocenters. The molecule has 0 rings (SSSR count). The summed E-state index contributed by atoms with van der Waals surface area (Å²) in [5, 5.41) is 0. The molecule has 0 saturated heterocycles. The van der Waals surface area contributed by atoms with E-state index in [0.717, 1.165) is 57.8 Å². The molecule has 6 nitrogen and oxygen atoms in total. The number of hydrogen-bond acceptors (Lipinski definition) is 6. The Labute approximate surface area is 417 Å². The fraction of sp³-hybridized carbons (Fsp3) is 0.885. The normalized spacial score (nSPS) is 12.1. The molecule has 0 aromatic carbocycles. The van der Waals surface area contributed by atoms with Crippen molar-refractivity contribution in [2.75, 3.05) is 13.2 Å². The molecule has 0 amide bonds. The van der Waals surface area contributed by atoms with Gasteiger partial charge in [0.2, 0.25) is 0 Å². The van der Waals surface area contributed by atoms with Crippen LogP contribution < -0.4 is 0 Å². The summed E-state index contributed by atoms with van der Waals surface area (Å²) >= 11 is 0. The smallest absolute Gasteiger partial charge is 0.306 e. The number of carbonyl (C=O) groups excluding carboxylic acids is 3. The van der Waals surface area contributed by atoms with Crippen LogP contribution in [0.1, 0.15) is 329 Å². The SMILES string of the molecule is CCCCCCCCC=CCCCCCCCCCC(=O)OC[C@@H](COC(=O)CCCCCCCCCCCCCCCCC)OC(=O)CCCCCCCCCC=CCCCCCCCC. The van der Waals surface area contributed by atoms with E-state index in [1.807, 2.05) is 0 Å². The molecule has 0 aliphatic carbocycles. The number of unbranched alkanes of at least 4 members (excludes halogenated alkanes) is 40. The van der Waals surface area contributed by atoms with Crippen LogP contribution in [0.3, 0.4) is 0 Å². The molecule has 0 saturated carbocycles. The van der Waals surface area contributed by atoms with Gasteiger partial charge < -0.3 is 14.2 Å². The van der Waals surface area contributed by atoms with Gasteiger partial charge in [0.1, 0.15) is 13.2 Å². The summed E-state index contributed by atoms with van der Waals surface area (Å²) in [6.07, 6.45) is 65.9. The average molecular weight is 944 g/mol. The maximum absolute atomic E-state index is 12.9. The van der Waals surface area contributed by atoms with Gasteiger partial charge in [-0.25, -0.2) is 0 Å². The van der Waals surface area contributed by atoms with Crippen LogP contribution in [0.25, 0.3) is 0 Å². The molecule has 0 aromatic heterocycles. The number of ether oxygens (including phenoxy) is 3. The number of esters is 3. The van der Waals surface area contributed by atoms with Crippen molar-refractivity contribution in [2.24, 2.45) is 0 Å². The van der Waals surface area contributed by atoms with E-state index in [9.17, 15) is 14.4 Å². The quantitative estimate of drug-likeness (QED) is 0.0262. The Bertz CT molecular complexity index is 1080. The van der Waals surface area contributed by atoms with Crippen molar-refractivity contribution in [3.8, 4) is 0 Å². The third-order valence-corrected chi connectivity index (χ3v) is 13.4. The minimum atomic E-state index is -0.772. The van der Waals surface area contributed by atoms with Crippen LogP contribution in [0.4, 0.5) is 0 Å². The fourth-order valence-corrected chi connectivity index (χ4v) is 8.91. The lowest BCUT2D eigenvalue weighted by atomic mass is 10.0. The first-order valence-electron chi connectivity index (χ1n) is 29.8. The molecule has 0 radical (unpaired) electrons. The summed E-state index contributed by atoms with van der Waals surface area (Å²) in [6.45, 7) is 6.68. The van der Waals surface area contributed by atoms with Crippen molar-refractivity contribution in [1.82, 2.24) is 0 Å². The maximum Gasteiger partial charge on any atom is 0.306 e. The van der Waals surface area contributed by atoms with Crippen molar-refractivity contribution < 1.29 is 28.6 Å². The van der Waals surface area contributed by atoms with E-state index in [4.69, 9.17) is 14.2 Å². The standard InChI is InChI=1S/C61H114O6/c1-4-7-10-13-16-19-22-25-28-30-33-36-39-42-45-48-51-54-60(63)66-57-58(56-65-59(62)53-50-47-44-41-38-35-32-27-24-21-18-15-12-9-6-3)67-61(64)55-52-49-46-43-40-37-34-31-29-26-23-20-17-14-11-8-5-2/h25-26,28-29,58H,4-24,27,30-57H2,1-3H3/t58-/m1/s1. The minimum absolute atomic E-state index is 0.0697. The molecule has 394 valence electrons. The van der Waals surface area contributed by atoms with Gasteiger partial charge in [0, 0.05) is 19.3 Å². The molecule has 6 heteroatoms. The molecule has 0 aliphatic rings. The summed E-state index contributed by atoms with van der Waals surface area (Å²) in [6, 6.07) is 0.